The van der Waals surface area contributed by atoms with Crippen molar-refractivity contribution in [2.45, 2.75) is 5.75 Å². The zero-order valence-corrected chi connectivity index (χ0v) is 11.0. The van der Waals surface area contributed by atoms with Crippen molar-refractivity contribution in [2.24, 2.45) is 4.36 Å². The van der Waals surface area contributed by atoms with Crippen LogP contribution < -0.4 is 4.74 Å². The highest BCUT2D eigenvalue weighted by Gasteiger charge is 2.10. The Morgan fingerprint density at radius 3 is 2.61 bits per heavy atom. The lowest BCUT2D eigenvalue weighted by atomic mass is 10.2. The quantitative estimate of drug-likeness (QED) is 0.839. The lowest BCUT2D eigenvalue weighted by molar-refractivity contribution is 0.307. The fourth-order valence-electron chi connectivity index (χ4n) is 1.43. The molecule has 1 N–H and O–H groups in total. The first-order chi connectivity index (χ1) is 8.63. The van der Waals surface area contributed by atoms with E-state index in [1.165, 1.54) is 0 Å². The predicted octanol–water partition coefficient (Wildman–Crippen LogP) is 1.18. The third kappa shape index (κ3) is 4.35. The lowest BCUT2D eigenvalue weighted by Crippen LogP contribution is -2.09. The van der Waals surface area contributed by atoms with Gasteiger partial charge >= 0.3 is 0 Å². The molecule has 0 radical (unpaired) electrons. The number of nitrogens with zero attached hydrogens (tertiary/aromatic N) is 2. The topological polar surface area (TPSA) is 82.7 Å². The fraction of sp³-hybridized carbons (Fsp3) is 0.417. The fourth-order valence-corrected chi connectivity index (χ4v) is 3.05. The number of rotatable bonds is 6. The number of aliphatic hydroxyl groups is 1. The molecule has 0 saturated carbocycles. The predicted molar refractivity (Wildman–Crippen MR) is 69.7 cm³/mol. The Hall–Kier alpha value is -1.58. The molecule has 0 aliphatic carbocycles. The standard InChI is InChI=1S/C12H16N2O3S/c1-17-12-4-2-11(3-5-12)10-18(16,9-6-13)14-7-8-15/h2-5,15H,7-10H2,1H3. The number of benzene rings is 1. The maximum atomic E-state index is 12.3. The lowest BCUT2D eigenvalue weighted by Gasteiger charge is -2.07. The second-order valence-electron chi connectivity index (χ2n) is 3.64. The van der Waals surface area contributed by atoms with Gasteiger partial charge in [-0.3, -0.25) is 0 Å². The van der Waals surface area contributed by atoms with Crippen LogP contribution in [0.5, 0.6) is 5.75 Å². The molecule has 1 unspecified atom stereocenters. The maximum absolute atomic E-state index is 12.3. The van der Waals surface area contributed by atoms with E-state index in [0.717, 1.165) is 11.3 Å². The summed E-state index contributed by atoms with van der Waals surface area (Å²) < 4.78 is 21.3. The van der Waals surface area contributed by atoms with Gasteiger partial charge in [0.25, 0.3) is 0 Å². The average molecular weight is 268 g/mol. The molecule has 1 rings (SSSR count). The number of hydrogen-bond acceptors (Lipinski definition) is 5. The van der Waals surface area contributed by atoms with Crippen molar-refractivity contribution in [1.82, 2.24) is 0 Å². The van der Waals surface area contributed by atoms with Crippen molar-refractivity contribution in [1.29, 1.82) is 5.26 Å². The number of methoxy groups -OCH3 is 1. The molecule has 0 heterocycles. The normalized spacial score (nSPS) is 13.4. The number of hydrogen-bond donors (Lipinski definition) is 1. The Morgan fingerprint density at radius 2 is 2.11 bits per heavy atom. The van der Waals surface area contributed by atoms with Crippen LogP contribution in [0.15, 0.2) is 28.6 Å². The van der Waals surface area contributed by atoms with E-state index >= 15 is 0 Å². The minimum Gasteiger partial charge on any atom is -0.497 e. The van der Waals surface area contributed by atoms with E-state index < -0.39 is 9.73 Å². The van der Waals surface area contributed by atoms with Gasteiger partial charge in [-0.05, 0) is 17.7 Å². The molecule has 1 aromatic rings. The summed E-state index contributed by atoms with van der Waals surface area (Å²) in [6.45, 7) is -0.0678. The minimum atomic E-state index is -2.61. The van der Waals surface area contributed by atoms with Gasteiger partial charge in [0.05, 0.1) is 41.8 Å². The Labute approximate surface area is 107 Å². The zero-order chi connectivity index (χ0) is 13.4. The maximum Gasteiger partial charge on any atom is 0.119 e. The van der Waals surface area contributed by atoms with E-state index in [9.17, 15) is 4.21 Å². The van der Waals surface area contributed by atoms with E-state index in [-0.39, 0.29) is 24.7 Å². The van der Waals surface area contributed by atoms with Crippen LogP contribution in [-0.2, 0) is 15.5 Å². The molecule has 6 heteroatoms. The van der Waals surface area contributed by atoms with Gasteiger partial charge in [0.15, 0.2) is 0 Å². The first-order valence-corrected chi connectivity index (χ1v) is 7.28. The van der Waals surface area contributed by atoms with E-state index in [1.54, 1.807) is 31.4 Å². The molecule has 0 aliphatic rings. The van der Waals surface area contributed by atoms with Crippen molar-refractivity contribution in [3.05, 3.63) is 29.8 Å². The average Bonchev–Trinajstić information content (AvgIpc) is 2.38. The zero-order valence-electron chi connectivity index (χ0n) is 10.2. The van der Waals surface area contributed by atoms with Crippen LogP contribution >= 0.6 is 0 Å². The molecule has 0 fully saturated rings. The monoisotopic (exact) mass is 268 g/mol. The molecule has 0 saturated heterocycles. The summed E-state index contributed by atoms with van der Waals surface area (Å²) in [5.41, 5.74) is 0.831. The Morgan fingerprint density at radius 1 is 1.44 bits per heavy atom. The van der Waals surface area contributed by atoms with Gasteiger partial charge in [0.1, 0.15) is 11.5 Å². The molecule has 0 bridgehead atoms. The minimum absolute atomic E-state index is 0.0939. The SMILES string of the molecule is COc1ccc(CS(=O)(CC#N)=NCCO)cc1. The Bertz CT molecular complexity index is 525. The molecule has 98 valence electrons. The molecule has 1 aromatic carbocycles. The van der Waals surface area contributed by atoms with Gasteiger partial charge in [0.2, 0.25) is 0 Å². The van der Waals surface area contributed by atoms with Crippen LogP contribution in [0, 0.1) is 11.3 Å². The van der Waals surface area contributed by atoms with E-state index in [2.05, 4.69) is 4.36 Å². The van der Waals surface area contributed by atoms with Crippen molar-refractivity contribution >= 4 is 9.73 Å². The van der Waals surface area contributed by atoms with Crippen LogP contribution in [0.2, 0.25) is 0 Å². The highest BCUT2D eigenvalue weighted by Crippen LogP contribution is 2.14. The van der Waals surface area contributed by atoms with E-state index in [0.29, 0.717) is 0 Å². The number of aliphatic hydroxyl groups excluding tert-OH is 1. The molecule has 5 nitrogen and oxygen atoms in total. The molecule has 0 aromatic heterocycles. The molecule has 18 heavy (non-hydrogen) atoms. The van der Waals surface area contributed by atoms with Crippen LogP contribution in [0.1, 0.15) is 5.56 Å². The van der Waals surface area contributed by atoms with Crippen LogP contribution in [0.3, 0.4) is 0 Å². The van der Waals surface area contributed by atoms with Gasteiger partial charge in [-0.1, -0.05) is 12.1 Å². The first kappa shape index (κ1) is 14.5. The number of nitriles is 1. The van der Waals surface area contributed by atoms with Crippen molar-refractivity contribution < 1.29 is 14.1 Å². The highest BCUT2D eigenvalue weighted by atomic mass is 32.2. The molecular weight excluding hydrogens is 252 g/mol. The molecule has 1 atom stereocenters. The van der Waals surface area contributed by atoms with Gasteiger partial charge < -0.3 is 9.84 Å². The molecule has 0 amide bonds. The summed E-state index contributed by atoms with van der Waals surface area (Å²) >= 11 is 0. The van der Waals surface area contributed by atoms with Gasteiger partial charge in [-0.2, -0.15) is 5.26 Å². The van der Waals surface area contributed by atoms with Gasteiger partial charge in [-0.15, -0.1) is 0 Å². The Balaban J connectivity index is 2.90. The summed E-state index contributed by atoms with van der Waals surface area (Å²) in [5, 5.41) is 17.4. The summed E-state index contributed by atoms with van der Waals surface area (Å²) in [7, 11) is -1.04. The van der Waals surface area contributed by atoms with Gasteiger partial charge in [-0.25, -0.2) is 8.57 Å². The second-order valence-corrected chi connectivity index (χ2v) is 6.02. The van der Waals surface area contributed by atoms with E-state index in [1.807, 2.05) is 6.07 Å². The second kappa shape index (κ2) is 6.99. The molecule has 0 aliphatic heterocycles. The number of ether oxygens (including phenoxy) is 1. The molecular formula is C12H16N2O3S. The summed E-state index contributed by atoms with van der Waals surface area (Å²) in [6.07, 6.45) is 0. The van der Waals surface area contributed by atoms with Crippen molar-refractivity contribution in [3.63, 3.8) is 0 Å². The third-order valence-electron chi connectivity index (χ3n) is 2.27. The van der Waals surface area contributed by atoms with Crippen molar-refractivity contribution in [3.8, 4) is 11.8 Å². The smallest absolute Gasteiger partial charge is 0.119 e. The van der Waals surface area contributed by atoms with Crippen LogP contribution in [0.25, 0.3) is 0 Å². The largest absolute Gasteiger partial charge is 0.497 e. The van der Waals surface area contributed by atoms with Crippen molar-refractivity contribution in [2.75, 3.05) is 26.0 Å². The highest BCUT2D eigenvalue weighted by molar-refractivity contribution is 7.93. The summed E-state index contributed by atoms with van der Waals surface area (Å²) in [5.74, 6) is 0.807. The summed E-state index contributed by atoms with van der Waals surface area (Å²) in [6, 6.07) is 9.02. The molecule has 0 spiro atoms. The van der Waals surface area contributed by atoms with E-state index in [4.69, 9.17) is 15.1 Å². The van der Waals surface area contributed by atoms with Crippen LogP contribution in [-0.4, -0.2) is 35.3 Å². The summed E-state index contributed by atoms with van der Waals surface area (Å²) in [4.78, 5) is 0. The van der Waals surface area contributed by atoms with Gasteiger partial charge in [0, 0.05) is 0 Å². The first-order valence-electron chi connectivity index (χ1n) is 5.42. The Kier molecular flexibility index (Phi) is 5.62. The van der Waals surface area contributed by atoms with Crippen LogP contribution in [0.4, 0.5) is 0 Å². The third-order valence-corrected chi connectivity index (χ3v) is 4.29.